The van der Waals surface area contributed by atoms with Gasteiger partial charge in [-0.3, -0.25) is 0 Å². The Balaban J connectivity index is 2.40. The Bertz CT molecular complexity index is 641. The van der Waals surface area contributed by atoms with Crippen molar-refractivity contribution in [2.75, 3.05) is 6.54 Å². The quantitative estimate of drug-likeness (QED) is 0.852. The molecule has 0 radical (unpaired) electrons. The molecule has 0 bridgehead atoms. The van der Waals surface area contributed by atoms with Crippen LogP contribution >= 0.6 is 15.9 Å². The molecule has 3 nitrogen and oxygen atoms in total. The number of nitrogens with zero attached hydrogens (tertiary/aromatic N) is 1. The van der Waals surface area contributed by atoms with E-state index in [2.05, 4.69) is 46.1 Å². The number of hydrogen-bond donors (Lipinski definition) is 1. The van der Waals surface area contributed by atoms with Crippen LogP contribution in [0.4, 0.5) is 0 Å². The first-order valence-electron chi connectivity index (χ1n) is 7.13. The lowest BCUT2D eigenvalue weighted by Gasteiger charge is -2.15. The Morgan fingerprint density at radius 3 is 2.62 bits per heavy atom. The molecule has 0 amide bonds. The van der Waals surface area contributed by atoms with Gasteiger partial charge in [-0.1, -0.05) is 28.9 Å². The molecule has 1 aromatic carbocycles. The minimum atomic E-state index is 0.689. The van der Waals surface area contributed by atoms with Crippen LogP contribution in [0.3, 0.4) is 0 Å². The van der Waals surface area contributed by atoms with Crippen LogP contribution < -0.4 is 10.1 Å². The highest BCUT2D eigenvalue weighted by Crippen LogP contribution is 2.30. The first-order chi connectivity index (χ1) is 10.0. The third-order valence-electron chi connectivity index (χ3n) is 3.35. The van der Waals surface area contributed by atoms with Crippen molar-refractivity contribution in [1.82, 2.24) is 10.3 Å². The van der Waals surface area contributed by atoms with E-state index in [0.29, 0.717) is 5.88 Å². The highest BCUT2D eigenvalue weighted by Gasteiger charge is 2.12. The number of rotatable bonds is 5. The van der Waals surface area contributed by atoms with Gasteiger partial charge in [0.1, 0.15) is 5.75 Å². The highest BCUT2D eigenvalue weighted by molar-refractivity contribution is 9.10. The summed E-state index contributed by atoms with van der Waals surface area (Å²) in [4.78, 5) is 4.58. The molecule has 0 unspecified atom stereocenters. The third kappa shape index (κ3) is 4.05. The molecule has 4 heteroatoms. The average Bonchev–Trinajstić information content (AvgIpc) is 2.42. The standard InChI is InChI=1S/C17H21BrN2O/c1-5-19-10-15-12(3)8-13(4)20-17(15)21-16-9-14(18)7-6-11(16)2/h6-9,19H,5,10H2,1-4H3. The minimum Gasteiger partial charge on any atom is -0.438 e. The normalized spacial score (nSPS) is 10.7. The molecule has 2 aromatic rings. The topological polar surface area (TPSA) is 34.2 Å². The maximum absolute atomic E-state index is 6.10. The number of halogens is 1. The van der Waals surface area contributed by atoms with Gasteiger partial charge in [-0.2, -0.15) is 0 Å². The summed E-state index contributed by atoms with van der Waals surface area (Å²) < 4.78 is 7.10. The average molecular weight is 349 g/mol. The zero-order chi connectivity index (χ0) is 15.4. The van der Waals surface area contributed by atoms with E-state index in [1.165, 1.54) is 5.56 Å². The molecule has 0 aliphatic carbocycles. The fourth-order valence-corrected chi connectivity index (χ4v) is 2.51. The van der Waals surface area contributed by atoms with Gasteiger partial charge in [0.15, 0.2) is 0 Å². The van der Waals surface area contributed by atoms with E-state index in [-0.39, 0.29) is 0 Å². The van der Waals surface area contributed by atoms with Gasteiger partial charge in [0.25, 0.3) is 0 Å². The van der Waals surface area contributed by atoms with Crippen molar-refractivity contribution in [3.8, 4) is 11.6 Å². The van der Waals surface area contributed by atoms with Crippen LogP contribution in [0.15, 0.2) is 28.7 Å². The van der Waals surface area contributed by atoms with Crippen molar-refractivity contribution in [3.05, 3.63) is 51.1 Å². The van der Waals surface area contributed by atoms with Gasteiger partial charge in [0, 0.05) is 22.3 Å². The molecule has 0 spiro atoms. The van der Waals surface area contributed by atoms with Crippen molar-refractivity contribution in [2.45, 2.75) is 34.2 Å². The fourth-order valence-electron chi connectivity index (χ4n) is 2.17. The Morgan fingerprint density at radius 1 is 1.14 bits per heavy atom. The van der Waals surface area contributed by atoms with E-state index in [0.717, 1.165) is 40.1 Å². The molecule has 1 aromatic heterocycles. The summed E-state index contributed by atoms with van der Waals surface area (Å²) in [5, 5.41) is 3.35. The van der Waals surface area contributed by atoms with Gasteiger partial charge in [0.05, 0.1) is 0 Å². The number of ether oxygens (including phenoxy) is 1. The first kappa shape index (κ1) is 16.0. The van der Waals surface area contributed by atoms with Crippen LogP contribution in [-0.4, -0.2) is 11.5 Å². The lowest BCUT2D eigenvalue weighted by atomic mass is 10.1. The molecule has 21 heavy (non-hydrogen) atoms. The molecule has 2 rings (SSSR count). The molecule has 0 saturated heterocycles. The van der Waals surface area contributed by atoms with Crippen molar-refractivity contribution in [3.63, 3.8) is 0 Å². The number of aryl methyl sites for hydroxylation is 3. The Labute approximate surface area is 134 Å². The lowest BCUT2D eigenvalue weighted by molar-refractivity contribution is 0.447. The van der Waals surface area contributed by atoms with E-state index >= 15 is 0 Å². The zero-order valence-corrected chi connectivity index (χ0v) is 14.5. The SMILES string of the molecule is CCNCc1c(C)cc(C)nc1Oc1cc(Br)ccc1C. The predicted octanol–water partition coefficient (Wildman–Crippen LogP) is 4.67. The minimum absolute atomic E-state index is 0.689. The molecular formula is C17H21BrN2O. The van der Waals surface area contributed by atoms with E-state index < -0.39 is 0 Å². The Morgan fingerprint density at radius 2 is 1.90 bits per heavy atom. The van der Waals surface area contributed by atoms with Crippen LogP contribution in [0.25, 0.3) is 0 Å². The monoisotopic (exact) mass is 348 g/mol. The first-order valence-corrected chi connectivity index (χ1v) is 7.92. The van der Waals surface area contributed by atoms with Crippen LogP contribution in [0.1, 0.15) is 29.3 Å². The summed E-state index contributed by atoms with van der Waals surface area (Å²) in [6, 6.07) is 8.11. The van der Waals surface area contributed by atoms with Gasteiger partial charge in [-0.05, 0) is 56.6 Å². The second-order valence-electron chi connectivity index (χ2n) is 5.16. The largest absolute Gasteiger partial charge is 0.438 e. The molecular weight excluding hydrogens is 328 g/mol. The Kier molecular flexibility index (Phi) is 5.37. The summed E-state index contributed by atoms with van der Waals surface area (Å²) in [6.45, 7) is 9.90. The molecule has 112 valence electrons. The van der Waals surface area contributed by atoms with Gasteiger partial charge in [-0.25, -0.2) is 4.98 Å². The van der Waals surface area contributed by atoms with Gasteiger partial charge < -0.3 is 10.1 Å². The summed E-state index contributed by atoms with van der Waals surface area (Å²) in [5.41, 5.74) is 4.37. The van der Waals surface area contributed by atoms with Crippen LogP contribution in [-0.2, 0) is 6.54 Å². The molecule has 0 saturated carbocycles. The van der Waals surface area contributed by atoms with Crippen LogP contribution in [0.2, 0.25) is 0 Å². The number of nitrogens with one attached hydrogen (secondary N) is 1. The van der Waals surface area contributed by atoms with Crippen molar-refractivity contribution in [1.29, 1.82) is 0 Å². The number of hydrogen-bond acceptors (Lipinski definition) is 3. The second-order valence-corrected chi connectivity index (χ2v) is 6.07. The van der Waals surface area contributed by atoms with E-state index in [1.807, 2.05) is 32.0 Å². The number of aromatic nitrogens is 1. The maximum atomic E-state index is 6.10. The van der Waals surface area contributed by atoms with E-state index in [1.54, 1.807) is 0 Å². The molecule has 1 N–H and O–H groups in total. The van der Waals surface area contributed by atoms with Gasteiger partial charge >= 0.3 is 0 Å². The van der Waals surface area contributed by atoms with Crippen LogP contribution in [0.5, 0.6) is 11.6 Å². The zero-order valence-electron chi connectivity index (χ0n) is 13.0. The molecule has 0 aliphatic rings. The van der Waals surface area contributed by atoms with E-state index in [4.69, 9.17) is 4.74 Å². The van der Waals surface area contributed by atoms with Gasteiger partial charge in [0.2, 0.25) is 5.88 Å². The lowest BCUT2D eigenvalue weighted by Crippen LogP contribution is -2.14. The third-order valence-corrected chi connectivity index (χ3v) is 3.84. The second kappa shape index (κ2) is 7.05. The predicted molar refractivity (Wildman–Crippen MR) is 90.0 cm³/mol. The summed E-state index contributed by atoms with van der Waals surface area (Å²) >= 11 is 3.49. The molecule has 0 aliphatic heterocycles. The number of pyridine rings is 1. The van der Waals surface area contributed by atoms with Crippen molar-refractivity contribution >= 4 is 15.9 Å². The van der Waals surface area contributed by atoms with Gasteiger partial charge in [-0.15, -0.1) is 0 Å². The Hall–Kier alpha value is -1.39. The number of benzene rings is 1. The van der Waals surface area contributed by atoms with E-state index in [9.17, 15) is 0 Å². The summed E-state index contributed by atoms with van der Waals surface area (Å²) in [5.74, 6) is 1.52. The van der Waals surface area contributed by atoms with Crippen molar-refractivity contribution in [2.24, 2.45) is 0 Å². The molecule has 0 atom stereocenters. The fraction of sp³-hybridized carbons (Fsp3) is 0.353. The molecule has 1 heterocycles. The maximum Gasteiger partial charge on any atom is 0.224 e. The smallest absolute Gasteiger partial charge is 0.224 e. The summed E-state index contributed by atoms with van der Waals surface area (Å²) in [6.07, 6.45) is 0. The highest BCUT2D eigenvalue weighted by atomic mass is 79.9. The summed E-state index contributed by atoms with van der Waals surface area (Å²) in [7, 11) is 0. The van der Waals surface area contributed by atoms with Crippen LogP contribution in [0, 0.1) is 20.8 Å². The van der Waals surface area contributed by atoms with Crippen molar-refractivity contribution < 1.29 is 4.74 Å². The molecule has 0 fully saturated rings.